The molecule has 1 unspecified atom stereocenters. The Bertz CT molecular complexity index is 313. The molecule has 2 aliphatic heterocycles. The van der Waals surface area contributed by atoms with Crippen LogP contribution in [0, 0.1) is 5.92 Å². The van der Waals surface area contributed by atoms with Gasteiger partial charge in [0.05, 0.1) is 5.92 Å². The molecule has 0 spiro atoms. The molecule has 2 heterocycles. The Morgan fingerprint density at radius 2 is 1.89 bits per heavy atom. The summed E-state index contributed by atoms with van der Waals surface area (Å²) in [6.07, 6.45) is 4.88. The van der Waals surface area contributed by atoms with E-state index in [4.69, 9.17) is 5.11 Å². The fourth-order valence-electron chi connectivity index (χ4n) is 2.80. The number of nitrogens with zero attached hydrogens (tertiary/aromatic N) is 2. The van der Waals surface area contributed by atoms with Crippen LogP contribution in [0.5, 0.6) is 0 Å². The number of carboxylic acids is 1. The highest BCUT2D eigenvalue weighted by atomic mass is 16.4. The monoisotopic (exact) mass is 254 g/mol. The number of likely N-dealkylation sites (tertiary alicyclic amines) is 2. The van der Waals surface area contributed by atoms with Crippen LogP contribution in [0.1, 0.15) is 32.1 Å². The summed E-state index contributed by atoms with van der Waals surface area (Å²) in [6.45, 7) is 4.66. The largest absolute Gasteiger partial charge is 0.481 e. The molecule has 0 aromatic carbocycles. The standard InChI is InChI=1S/C13H22N2O3/c16-12-9-11(13(17)18)10-15(12)8-4-3-7-14-5-1-2-6-14/h11H,1-10H2,(H,17,18). The maximum Gasteiger partial charge on any atom is 0.308 e. The average Bonchev–Trinajstić information content (AvgIpc) is 2.94. The van der Waals surface area contributed by atoms with Gasteiger partial charge in [-0.2, -0.15) is 0 Å². The molecular weight excluding hydrogens is 232 g/mol. The number of carbonyl (C=O) groups excluding carboxylic acids is 1. The number of hydrogen-bond acceptors (Lipinski definition) is 3. The molecule has 2 fully saturated rings. The van der Waals surface area contributed by atoms with Gasteiger partial charge in [-0.25, -0.2) is 0 Å². The van der Waals surface area contributed by atoms with Crippen molar-refractivity contribution in [3.05, 3.63) is 0 Å². The second-order valence-corrected chi connectivity index (χ2v) is 5.33. The highest BCUT2D eigenvalue weighted by Crippen LogP contribution is 2.18. The lowest BCUT2D eigenvalue weighted by Gasteiger charge is -2.18. The third-order valence-electron chi connectivity index (χ3n) is 3.91. The predicted octanol–water partition coefficient (Wildman–Crippen LogP) is 0.795. The van der Waals surface area contributed by atoms with Crippen molar-refractivity contribution in [2.75, 3.05) is 32.7 Å². The number of unbranched alkanes of at least 4 members (excludes halogenated alkanes) is 1. The first kappa shape index (κ1) is 13.3. The minimum absolute atomic E-state index is 0.00331. The van der Waals surface area contributed by atoms with Gasteiger partial charge in [-0.15, -0.1) is 0 Å². The summed E-state index contributed by atoms with van der Waals surface area (Å²) in [7, 11) is 0. The van der Waals surface area contributed by atoms with Crippen LogP contribution >= 0.6 is 0 Å². The molecule has 2 rings (SSSR count). The third-order valence-corrected chi connectivity index (χ3v) is 3.91. The Morgan fingerprint density at radius 1 is 1.22 bits per heavy atom. The maximum absolute atomic E-state index is 11.6. The van der Waals surface area contributed by atoms with Gasteiger partial charge in [0.25, 0.3) is 0 Å². The van der Waals surface area contributed by atoms with E-state index in [1.54, 1.807) is 4.90 Å². The van der Waals surface area contributed by atoms with Crippen LogP contribution in [0.4, 0.5) is 0 Å². The third kappa shape index (κ3) is 3.45. The molecule has 1 N–H and O–H groups in total. The molecule has 2 saturated heterocycles. The number of rotatable bonds is 6. The first-order valence-electron chi connectivity index (χ1n) is 6.90. The minimum Gasteiger partial charge on any atom is -0.481 e. The summed E-state index contributed by atoms with van der Waals surface area (Å²) in [6, 6.07) is 0. The second kappa shape index (κ2) is 6.18. The predicted molar refractivity (Wildman–Crippen MR) is 67.2 cm³/mol. The summed E-state index contributed by atoms with van der Waals surface area (Å²) in [5.74, 6) is -1.33. The number of aliphatic carboxylic acids is 1. The SMILES string of the molecule is O=C(O)C1CC(=O)N(CCCCN2CCCC2)C1. The van der Waals surface area contributed by atoms with E-state index < -0.39 is 11.9 Å². The first-order chi connectivity index (χ1) is 8.66. The number of hydrogen-bond donors (Lipinski definition) is 1. The summed E-state index contributed by atoms with van der Waals surface area (Å²) in [5, 5.41) is 8.88. The van der Waals surface area contributed by atoms with Crippen molar-refractivity contribution in [1.82, 2.24) is 9.80 Å². The lowest BCUT2D eigenvalue weighted by atomic mass is 10.1. The maximum atomic E-state index is 11.6. The summed E-state index contributed by atoms with van der Waals surface area (Å²) in [4.78, 5) is 26.6. The van der Waals surface area contributed by atoms with E-state index in [1.807, 2.05) is 0 Å². The van der Waals surface area contributed by atoms with Crippen LogP contribution in [0.2, 0.25) is 0 Å². The Kier molecular flexibility index (Phi) is 4.58. The van der Waals surface area contributed by atoms with E-state index in [2.05, 4.69) is 4.90 Å². The molecular formula is C13H22N2O3. The molecule has 102 valence electrons. The zero-order valence-corrected chi connectivity index (χ0v) is 10.8. The van der Waals surface area contributed by atoms with Gasteiger partial charge in [-0.3, -0.25) is 9.59 Å². The van der Waals surface area contributed by atoms with Crippen molar-refractivity contribution in [3.63, 3.8) is 0 Å². The van der Waals surface area contributed by atoms with Crippen molar-refractivity contribution in [2.45, 2.75) is 32.1 Å². The average molecular weight is 254 g/mol. The first-order valence-corrected chi connectivity index (χ1v) is 6.90. The van der Waals surface area contributed by atoms with Crippen molar-refractivity contribution in [1.29, 1.82) is 0 Å². The lowest BCUT2D eigenvalue weighted by molar-refractivity contribution is -0.141. The van der Waals surface area contributed by atoms with E-state index in [0.29, 0.717) is 6.54 Å². The van der Waals surface area contributed by atoms with Gasteiger partial charge in [-0.05, 0) is 45.3 Å². The van der Waals surface area contributed by atoms with Gasteiger partial charge in [0.2, 0.25) is 5.91 Å². The normalized spacial score (nSPS) is 25.0. The van der Waals surface area contributed by atoms with E-state index in [9.17, 15) is 9.59 Å². The smallest absolute Gasteiger partial charge is 0.308 e. The van der Waals surface area contributed by atoms with Gasteiger partial charge in [-0.1, -0.05) is 0 Å². The van der Waals surface area contributed by atoms with Crippen LogP contribution in [-0.4, -0.2) is 59.5 Å². The van der Waals surface area contributed by atoms with E-state index in [1.165, 1.54) is 25.9 Å². The fraction of sp³-hybridized carbons (Fsp3) is 0.846. The topological polar surface area (TPSA) is 60.9 Å². The van der Waals surface area contributed by atoms with Crippen LogP contribution in [0.25, 0.3) is 0 Å². The van der Waals surface area contributed by atoms with E-state index in [0.717, 1.165) is 25.9 Å². The van der Waals surface area contributed by atoms with Gasteiger partial charge >= 0.3 is 5.97 Å². The molecule has 0 aromatic heterocycles. The van der Waals surface area contributed by atoms with Crippen molar-refractivity contribution in [2.24, 2.45) is 5.92 Å². The minimum atomic E-state index is -0.845. The highest BCUT2D eigenvalue weighted by Gasteiger charge is 2.33. The molecule has 0 aromatic rings. The molecule has 18 heavy (non-hydrogen) atoms. The van der Waals surface area contributed by atoms with Crippen LogP contribution < -0.4 is 0 Å². The molecule has 0 radical (unpaired) electrons. The second-order valence-electron chi connectivity index (χ2n) is 5.33. The Balaban J connectivity index is 1.61. The van der Waals surface area contributed by atoms with E-state index in [-0.39, 0.29) is 12.3 Å². The van der Waals surface area contributed by atoms with Gasteiger partial charge < -0.3 is 14.9 Å². The van der Waals surface area contributed by atoms with Crippen LogP contribution in [0.15, 0.2) is 0 Å². The van der Waals surface area contributed by atoms with Gasteiger partial charge in [0.1, 0.15) is 0 Å². The number of carbonyl (C=O) groups is 2. The Hall–Kier alpha value is -1.10. The molecule has 1 amide bonds. The Morgan fingerprint density at radius 3 is 2.50 bits per heavy atom. The molecule has 5 heteroatoms. The van der Waals surface area contributed by atoms with Crippen molar-refractivity contribution in [3.8, 4) is 0 Å². The Labute approximate surface area is 108 Å². The van der Waals surface area contributed by atoms with E-state index >= 15 is 0 Å². The quantitative estimate of drug-likeness (QED) is 0.712. The molecule has 1 atom stereocenters. The zero-order valence-electron chi connectivity index (χ0n) is 10.8. The highest BCUT2D eigenvalue weighted by molar-refractivity contribution is 5.86. The fourth-order valence-corrected chi connectivity index (χ4v) is 2.80. The van der Waals surface area contributed by atoms with Gasteiger partial charge in [0.15, 0.2) is 0 Å². The molecule has 0 saturated carbocycles. The zero-order chi connectivity index (χ0) is 13.0. The molecule has 0 aliphatic carbocycles. The molecule has 0 bridgehead atoms. The van der Waals surface area contributed by atoms with Crippen LogP contribution in [-0.2, 0) is 9.59 Å². The molecule has 5 nitrogen and oxygen atoms in total. The number of amides is 1. The summed E-state index contributed by atoms with van der Waals surface area (Å²) >= 11 is 0. The van der Waals surface area contributed by atoms with Crippen LogP contribution in [0.3, 0.4) is 0 Å². The summed E-state index contributed by atoms with van der Waals surface area (Å²) in [5.41, 5.74) is 0. The van der Waals surface area contributed by atoms with Gasteiger partial charge in [0, 0.05) is 19.5 Å². The van der Waals surface area contributed by atoms with Crippen molar-refractivity contribution < 1.29 is 14.7 Å². The van der Waals surface area contributed by atoms with Crippen molar-refractivity contribution >= 4 is 11.9 Å². The molecule has 2 aliphatic rings. The summed E-state index contributed by atoms with van der Waals surface area (Å²) < 4.78 is 0. The number of carboxylic acid groups (broad SMARTS) is 1. The lowest BCUT2D eigenvalue weighted by Crippen LogP contribution is -2.28.